The van der Waals surface area contributed by atoms with E-state index in [0.29, 0.717) is 16.7 Å². The van der Waals surface area contributed by atoms with Crippen LogP contribution in [0.4, 0.5) is 0 Å². The van der Waals surface area contributed by atoms with Gasteiger partial charge in [-0.1, -0.05) is 64.3 Å². The topological polar surface area (TPSA) is 26.3 Å². The summed E-state index contributed by atoms with van der Waals surface area (Å²) >= 11 is 0. The maximum Gasteiger partial charge on any atom is 0.302 e. The number of carbonyl (C=O) groups excluding carboxylic acids is 1. The van der Waals surface area contributed by atoms with Crippen molar-refractivity contribution in [2.45, 2.75) is 133 Å². The van der Waals surface area contributed by atoms with Crippen molar-refractivity contribution < 1.29 is 9.53 Å². The van der Waals surface area contributed by atoms with Gasteiger partial charge >= 0.3 is 5.97 Å². The molecule has 0 heterocycles. The average molecular weight is 469 g/mol. The Morgan fingerprint density at radius 1 is 0.971 bits per heavy atom. The lowest BCUT2D eigenvalue weighted by Crippen LogP contribution is -2.55. The minimum absolute atomic E-state index is 0.0382. The van der Waals surface area contributed by atoms with Gasteiger partial charge in [0.1, 0.15) is 6.10 Å². The Morgan fingerprint density at radius 3 is 2.32 bits per heavy atom. The van der Waals surface area contributed by atoms with Crippen molar-refractivity contribution in [2.24, 2.45) is 39.4 Å². The van der Waals surface area contributed by atoms with E-state index < -0.39 is 0 Å². The number of esters is 1. The Hall–Kier alpha value is -1.05. The second kappa shape index (κ2) is 8.81. The SMILES string of the molecule is CC(=O)O[C@@H]1CC[C@]2(C)C3=C(CC[C@H]2C1(C)C)[C@]1(C)CC[C@H]([C@H](C)CCC=C(C)C)[C@@]1(C)CC3. The Morgan fingerprint density at radius 2 is 1.68 bits per heavy atom. The van der Waals surface area contributed by atoms with Gasteiger partial charge in [-0.05, 0) is 112 Å². The molecule has 7 atom stereocenters. The van der Waals surface area contributed by atoms with Crippen LogP contribution < -0.4 is 0 Å². The van der Waals surface area contributed by atoms with Gasteiger partial charge in [-0.2, -0.15) is 0 Å². The van der Waals surface area contributed by atoms with Crippen LogP contribution in [-0.2, 0) is 9.53 Å². The monoisotopic (exact) mass is 468 g/mol. The lowest BCUT2D eigenvalue weighted by atomic mass is 9.43. The molecule has 4 aliphatic rings. The largest absolute Gasteiger partial charge is 0.462 e. The van der Waals surface area contributed by atoms with Gasteiger partial charge in [-0.3, -0.25) is 4.79 Å². The van der Waals surface area contributed by atoms with E-state index in [9.17, 15) is 4.79 Å². The molecule has 0 spiro atoms. The zero-order valence-electron chi connectivity index (χ0n) is 23.8. The van der Waals surface area contributed by atoms with Crippen LogP contribution in [0.2, 0.25) is 0 Å². The molecular weight excluding hydrogens is 416 g/mol. The highest BCUT2D eigenvalue weighted by Crippen LogP contribution is 2.72. The fourth-order valence-electron chi connectivity index (χ4n) is 9.86. The Balaban J connectivity index is 1.63. The number of ether oxygens (including phenoxy) is 1. The van der Waals surface area contributed by atoms with Crippen LogP contribution >= 0.6 is 0 Å². The van der Waals surface area contributed by atoms with E-state index in [0.717, 1.165) is 18.3 Å². The maximum atomic E-state index is 11.8. The standard InChI is InChI=1S/C32H52O2/c1-21(2)11-10-12-22(3)24-15-19-32(9)26-13-14-27-29(5,6)28(34-23(4)33)17-18-30(27,7)25(26)16-20-31(24,32)8/h11,22,24,27-28H,10,12-20H2,1-9H3/t22-,24-,27+,28-,30-,31-,32+/m1/s1. The fourth-order valence-corrected chi connectivity index (χ4v) is 9.86. The van der Waals surface area contributed by atoms with E-state index in [1.54, 1.807) is 6.92 Å². The van der Waals surface area contributed by atoms with Crippen molar-refractivity contribution in [1.29, 1.82) is 0 Å². The normalized spacial score (nSPS) is 41.7. The first-order valence-corrected chi connectivity index (χ1v) is 14.3. The third-order valence-corrected chi connectivity index (χ3v) is 11.9. The molecule has 2 nitrogen and oxygen atoms in total. The zero-order valence-corrected chi connectivity index (χ0v) is 23.8. The van der Waals surface area contributed by atoms with Gasteiger partial charge in [0, 0.05) is 12.3 Å². The second-order valence-electron chi connectivity index (χ2n) is 14.2. The summed E-state index contributed by atoms with van der Waals surface area (Å²) < 4.78 is 5.87. The fraction of sp³-hybridized carbons (Fsp3) is 0.844. The van der Waals surface area contributed by atoms with Crippen LogP contribution in [0.25, 0.3) is 0 Å². The summed E-state index contributed by atoms with van der Waals surface area (Å²) in [5.41, 5.74) is 6.25. The van der Waals surface area contributed by atoms with Crippen LogP contribution in [-0.4, -0.2) is 12.1 Å². The molecule has 0 aliphatic heterocycles. The minimum atomic E-state index is -0.117. The Kier molecular flexibility index (Phi) is 6.74. The maximum absolute atomic E-state index is 11.8. The molecule has 192 valence electrons. The molecule has 0 bridgehead atoms. The highest BCUT2D eigenvalue weighted by molar-refractivity contribution is 5.66. The summed E-state index contributed by atoms with van der Waals surface area (Å²) in [4.78, 5) is 11.8. The summed E-state index contributed by atoms with van der Waals surface area (Å²) in [5.74, 6) is 2.13. The summed E-state index contributed by atoms with van der Waals surface area (Å²) in [6.07, 6.45) is 15.2. The van der Waals surface area contributed by atoms with E-state index in [1.165, 1.54) is 63.4 Å². The predicted molar refractivity (Wildman–Crippen MR) is 142 cm³/mol. The lowest BCUT2D eigenvalue weighted by Gasteiger charge is -2.62. The summed E-state index contributed by atoms with van der Waals surface area (Å²) in [7, 11) is 0. The number of hydrogen-bond acceptors (Lipinski definition) is 2. The molecule has 0 unspecified atom stereocenters. The average Bonchev–Trinajstić information content (AvgIpc) is 3.01. The number of allylic oxidation sites excluding steroid dienone is 4. The quantitative estimate of drug-likeness (QED) is 0.297. The third kappa shape index (κ3) is 3.85. The molecule has 0 radical (unpaired) electrons. The summed E-state index contributed by atoms with van der Waals surface area (Å²) in [6, 6.07) is 0. The summed E-state index contributed by atoms with van der Waals surface area (Å²) in [6.45, 7) is 21.2. The number of fused-ring (bicyclic) bond motifs is 4. The van der Waals surface area contributed by atoms with Crippen molar-refractivity contribution in [2.75, 3.05) is 0 Å². The Labute approximate surface area is 210 Å². The number of rotatable bonds is 5. The molecular formula is C32H52O2. The van der Waals surface area contributed by atoms with Crippen molar-refractivity contribution in [3.05, 3.63) is 22.8 Å². The minimum Gasteiger partial charge on any atom is -0.462 e. The molecule has 0 aromatic rings. The first kappa shape index (κ1) is 26.0. The first-order chi connectivity index (χ1) is 15.8. The van der Waals surface area contributed by atoms with Crippen LogP contribution in [0, 0.1) is 39.4 Å². The molecule has 0 aromatic heterocycles. The third-order valence-electron chi connectivity index (χ3n) is 11.9. The Bertz CT molecular complexity index is 873. The van der Waals surface area contributed by atoms with Gasteiger partial charge in [0.15, 0.2) is 0 Å². The molecule has 0 N–H and O–H groups in total. The molecule has 0 amide bonds. The van der Waals surface area contributed by atoms with Crippen LogP contribution in [0.1, 0.15) is 127 Å². The molecule has 2 saturated carbocycles. The smallest absolute Gasteiger partial charge is 0.302 e. The predicted octanol–water partition coefficient (Wildman–Crippen LogP) is 9.05. The van der Waals surface area contributed by atoms with Crippen LogP contribution in [0.3, 0.4) is 0 Å². The molecule has 2 heteroatoms. The molecule has 4 rings (SSSR count). The van der Waals surface area contributed by atoms with Crippen molar-refractivity contribution in [1.82, 2.24) is 0 Å². The molecule has 0 saturated heterocycles. The molecule has 4 aliphatic carbocycles. The highest BCUT2D eigenvalue weighted by atomic mass is 16.5. The van der Waals surface area contributed by atoms with Crippen molar-refractivity contribution >= 4 is 5.97 Å². The number of hydrogen-bond donors (Lipinski definition) is 0. The highest BCUT2D eigenvalue weighted by Gasteiger charge is 2.63. The van der Waals surface area contributed by atoms with Gasteiger partial charge in [-0.15, -0.1) is 0 Å². The van der Waals surface area contributed by atoms with Crippen molar-refractivity contribution in [3.8, 4) is 0 Å². The van der Waals surface area contributed by atoms with Crippen molar-refractivity contribution in [3.63, 3.8) is 0 Å². The van der Waals surface area contributed by atoms with Gasteiger partial charge in [-0.25, -0.2) is 0 Å². The molecule has 34 heavy (non-hydrogen) atoms. The molecule has 2 fully saturated rings. The summed E-state index contributed by atoms with van der Waals surface area (Å²) in [5, 5.41) is 0. The lowest BCUT2D eigenvalue weighted by molar-refractivity contribution is -0.167. The first-order valence-electron chi connectivity index (χ1n) is 14.3. The van der Waals surface area contributed by atoms with Crippen LogP contribution in [0.5, 0.6) is 0 Å². The van der Waals surface area contributed by atoms with Gasteiger partial charge in [0.05, 0.1) is 0 Å². The van der Waals surface area contributed by atoms with E-state index in [4.69, 9.17) is 4.74 Å². The zero-order chi connectivity index (χ0) is 25.1. The van der Waals surface area contributed by atoms with Gasteiger partial charge in [0.2, 0.25) is 0 Å². The van der Waals surface area contributed by atoms with Gasteiger partial charge < -0.3 is 4.74 Å². The van der Waals surface area contributed by atoms with Gasteiger partial charge in [0.25, 0.3) is 0 Å². The van der Waals surface area contributed by atoms with E-state index in [-0.39, 0.29) is 22.9 Å². The van der Waals surface area contributed by atoms with Crippen LogP contribution in [0.15, 0.2) is 22.8 Å². The number of carbonyl (C=O) groups is 1. The second-order valence-corrected chi connectivity index (χ2v) is 14.2. The van der Waals surface area contributed by atoms with E-state index in [1.807, 2.05) is 11.1 Å². The van der Waals surface area contributed by atoms with E-state index >= 15 is 0 Å². The van der Waals surface area contributed by atoms with E-state index in [2.05, 4.69) is 61.5 Å². The molecule has 0 aromatic carbocycles.